The fourth-order valence-electron chi connectivity index (χ4n) is 4.92. The summed E-state index contributed by atoms with van der Waals surface area (Å²) >= 11 is 1.49. The Kier molecular flexibility index (Phi) is 11.5. The summed E-state index contributed by atoms with van der Waals surface area (Å²) in [6.07, 6.45) is 0. The van der Waals surface area contributed by atoms with Crippen LogP contribution in [0.2, 0.25) is 0 Å². The Balaban J connectivity index is 1.28. The highest BCUT2D eigenvalue weighted by Crippen LogP contribution is 2.21. The smallest absolute Gasteiger partial charge is 0.273 e. The van der Waals surface area contributed by atoms with Crippen LogP contribution in [0.3, 0.4) is 0 Å². The van der Waals surface area contributed by atoms with E-state index < -0.39 is 0 Å². The third-order valence-electron chi connectivity index (χ3n) is 7.35. The summed E-state index contributed by atoms with van der Waals surface area (Å²) in [5.41, 5.74) is 4.79. The highest BCUT2D eigenvalue weighted by molar-refractivity contribution is 7.09. The van der Waals surface area contributed by atoms with E-state index in [-0.39, 0.29) is 11.7 Å². The number of rotatable bonds is 15. The molecule has 8 heteroatoms. The molecule has 6 nitrogen and oxygen atoms in total. The SMILES string of the molecule is CN(C)CCN(Cc1ccccc1)C(=O)c1csc(CN(Cc2ccc(F)cc2)Cc2ccc(OCc3ccccc3)cc2)n1. The average molecular weight is 623 g/mol. The van der Waals surface area contributed by atoms with E-state index in [2.05, 4.69) is 21.9 Å². The fraction of sp³-hybridized carbons (Fsp3) is 0.243. The first-order valence-electron chi connectivity index (χ1n) is 15.1. The van der Waals surface area contributed by atoms with Gasteiger partial charge in [-0.15, -0.1) is 11.3 Å². The summed E-state index contributed by atoms with van der Waals surface area (Å²) < 4.78 is 19.6. The van der Waals surface area contributed by atoms with Gasteiger partial charge in [0.1, 0.15) is 28.9 Å². The van der Waals surface area contributed by atoms with E-state index in [1.54, 1.807) is 0 Å². The average Bonchev–Trinajstić information content (AvgIpc) is 3.53. The van der Waals surface area contributed by atoms with Crippen LogP contribution in [0.25, 0.3) is 0 Å². The number of ether oxygens (including phenoxy) is 1. The Bertz CT molecular complexity index is 1610. The van der Waals surface area contributed by atoms with Crippen LogP contribution < -0.4 is 4.74 Å². The molecule has 0 unspecified atom stereocenters. The predicted octanol–water partition coefficient (Wildman–Crippen LogP) is 7.27. The first-order chi connectivity index (χ1) is 21.9. The van der Waals surface area contributed by atoms with Crippen LogP contribution >= 0.6 is 11.3 Å². The molecule has 45 heavy (non-hydrogen) atoms. The highest BCUT2D eigenvalue weighted by atomic mass is 32.1. The molecule has 0 N–H and O–H groups in total. The van der Waals surface area contributed by atoms with E-state index in [0.717, 1.165) is 39.6 Å². The first-order valence-corrected chi connectivity index (χ1v) is 15.9. The van der Waals surface area contributed by atoms with Crippen molar-refractivity contribution in [1.29, 1.82) is 0 Å². The van der Waals surface area contributed by atoms with Crippen molar-refractivity contribution in [2.45, 2.75) is 32.8 Å². The largest absolute Gasteiger partial charge is 0.489 e. The summed E-state index contributed by atoms with van der Waals surface area (Å²) in [6, 6.07) is 34.9. The monoisotopic (exact) mass is 622 g/mol. The van der Waals surface area contributed by atoms with Crippen LogP contribution in [0.15, 0.2) is 115 Å². The Labute approximate surface area is 269 Å². The molecule has 0 atom stereocenters. The van der Waals surface area contributed by atoms with E-state index in [9.17, 15) is 9.18 Å². The van der Waals surface area contributed by atoms with Gasteiger partial charge in [0, 0.05) is 38.1 Å². The number of aromatic nitrogens is 1. The van der Waals surface area contributed by atoms with Crippen molar-refractivity contribution in [3.05, 3.63) is 153 Å². The molecule has 1 heterocycles. The molecule has 0 radical (unpaired) electrons. The van der Waals surface area contributed by atoms with E-state index in [1.807, 2.05) is 109 Å². The summed E-state index contributed by atoms with van der Waals surface area (Å²) in [5.74, 6) is 0.485. The molecule has 4 aromatic carbocycles. The molecule has 5 rings (SSSR count). The standard InChI is InChI=1S/C37H39FN4O2S/c1-40(2)21-22-42(25-29-9-5-3-6-10-29)37(43)35-28-45-36(39-35)26-41(23-30-13-17-33(38)18-14-30)24-31-15-19-34(20-16-31)44-27-32-11-7-4-8-12-32/h3-20,28H,21-27H2,1-2H3. The third kappa shape index (κ3) is 10.1. The number of likely N-dealkylation sites (N-methyl/N-ethyl adjacent to an activating group) is 1. The van der Waals surface area contributed by atoms with Gasteiger partial charge in [0.2, 0.25) is 0 Å². The summed E-state index contributed by atoms with van der Waals surface area (Å²) in [4.78, 5) is 24.6. The predicted molar refractivity (Wildman–Crippen MR) is 178 cm³/mol. The number of hydrogen-bond donors (Lipinski definition) is 0. The van der Waals surface area contributed by atoms with E-state index in [0.29, 0.717) is 45.0 Å². The van der Waals surface area contributed by atoms with Crippen molar-refractivity contribution in [2.24, 2.45) is 0 Å². The number of carbonyl (C=O) groups is 1. The summed E-state index contributed by atoms with van der Waals surface area (Å²) in [6.45, 7) is 4.23. The number of carbonyl (C=O) groups excluding carboxylic acids is 1. The molecule has 0 spiro atoms. The molecule has 0 saturated carbocycles. The van der Waals surface area contributed by atoms with Gasteiger partial charge in [-0.2, -0.15) is 0 Å². The third-order valence-corrected chi connectivity index (χ3v) is 8.18. The lowest BCUT2D eigenvalue weighted by Crippen LogP contribution is -2.36. The van der Waals surface area contributed by atoms with Gasteiger partial charge < -0.3 is 14.5 Å². The van der Waals surface area contributed by atoms with Crippen molar-refractivity contribution < 1.29 is 13.9 Å². The second-order valence-corrected chi connectivity index (χ2v) is 12.3. The van der Waals surface area contributed by atoms with Crippen molar-refractivity contribution in [1.82, 2.24) is 19.7 Å². The van der Waals surface area contributed by atoms with Crippen molar-refractivity contribution in [3.8, 4) is 5.75 Å². The molecule has 0 fully saturated rings. The molecule has 1 aromatic heterocycles. The van der Waals surface area contributed by atoms with Gasteiger partial charge in [-0.3, -0.25) is 9.69 Å². The van der Waals surface area contributed by atoms with E-state index >= 15 is 0 Å². The highest BCUT2D eigenvalue weighted by Gasteiger charge is 2.20. The van der Waals surface area contributed by atoms with Crippen LogP contribution in [0.5, 0.6) is 5.75 Å². The number of nitrogens with zero attached hydrogens (tertiary/aromatic N) is 4. The second-order valence-electron chi connectivity index (χ2n) is 11.3. The van der Waals surface area contributed by atoms with Gasteiger partial charge in [0.15, 0.2) is 0 Å². The fourth-order valence-corrected chi connectivity index (χ4v) is 5.73. The minimum absolute atomic E-state index is 0.0700. The molecular formula is C37H39FN4O2S. The molecule has 232 valence electrons. The molecule has 0 bridgehead atoms. The normalized spacial score (nSPS) is 11.2. The molecule has 5 aromatic rings. The molecule has 1 amide bonds. The lowest BCUT2D eigenvalue weighted by atomic mass is 10.1. The minimum Gasteiger partial charge on any atom is -0.489 e. The number of halogens is 1. The van der Waals surface area contributed by atoms with Crippen molar-refractivity contribution in [3.63, 3.8) is 0 Å². The lowest BCUT2D eigenvalue weighted by molar-refractivity contribution is 0.0726. The zero-order valence-corrected chi connectivity index (χ0v) is 26.6. The van der Waals surface area contributed by atoms with Crippen LogP contribution in [0, 0.1) is 5.82 Å². The van der Waals surface area contributed by atoms with Gasteiger partial charge in [-0.25, -0.2) is 9.37 Å². The molecular weight excluding hydrogens is 583 g/mol. The maximum Gasteiger partial charge on any atom is 0.273 e. The Hall–Kier alpha value is -4.37. The Morgan fingerprint density at radius 3 is 1.91 bits per heavy atom. The zero-order chi connectivity index (χ0) is 31.4. The zero-order valence-electron chi connectivity index (χ0n) is 25.8. The van der Waals surface area contributed by atoms with Gasteiger partial charge >= 0.3 is 0 Å². The molecule has 0 aliphatic rings. The maximum absolute atomic E-state index is 13.6. The number of amides is 1. The summed E-state index contributed by atoms with van der Waals surface area (Å²) in [5, 5.41) is 2.72. The van der Waals surface area contributed by atoms with Crippen molar-refractivity contribution in [2.75, 3.05) is 27.2 Å². The minimum atomic E-state index is -0.256. The van der Waals surface area contributed by atoms with Crippen LogP contribution in [-0.2, 0) is 32.8 Å². The number of hydrogen-bond acceptors (Lipinski definition) is 6. The summed E-state index contributed by atoms with van der Waals surface area (Å²) in [7, 11) is 4.01. The topological polar surface area (TPSA) is 48.9 Å². The van der Waals surface area contributed by atoms with Gasteiger partial charge in [-0.1, -0.05) is 84.9 Å². The maximum atomic E-state index is 13.6. The van der Waals surface area contributed by atoms with E-state index in [1.165, 1.54) is 23.5 Å². The Morgan fingerprint density at radius 1 is 0.711 bits per heavy atom. The van der Waals surface area contributed by atoms with Gasteiger partial charge in [-0.05, 0) is 60.6 Å². The number of benzene rings is 4. The van der Waals surface area contributed by atoms with Crippen LogP contribution in [0.1, 0.15) is 37.7 Å². The quantitative estimate of drug-likeness (QED) is 0.123. The van der Waals surface area contributed by atoms with E-state index in [4.69, 9.17) is 9.72 Å². The first kappa shape index (κ1) is 32.0. The number of thiazole rings is 1. The van der Waals surface area contributed by atoms with Crippen LogP contribution in [-0.4, -0.2) is 52.8 Å². The van der Waals surface area contributed by atoms with Crippen LogP contribution in [0.4, 0.5) is 4.39 Å². The van der Waals surface area contributed by atoms with Gasteiger partial charge in [0.05, 0.1) is 6.54 Å². The molecule has 0 aliphatic carbocycles. The van der Waals surface area contributed by atoms with Crippen molar-refractivity contribution >= 4 is 17.2 Å². The molecule has 0 saturated heterocycles. The lowest BCUT2D eigenvalue weighted by Gasteiger charge is -2.24. The van der Waals surface area contributed by atoms with Gasteiger partial charge in [0.25, 0.3) is 5.91 Å². The second kappa shape index (κ2) is 16.1. The Morgan fingerprint density at radius 2 is 1.29 bits per heavy atom. The molecule has 0 aliphatic heterocycles.